The third-order valence-electron chi connectivity index (χ3n) is 7.42. The van der Waals surface area contributed by atoms with Crippen LogP contribution in [0.15, 0.2) is 12.7 Å². The topological polar surface area (TPSA) is 61.9 Å². The van der Waals surface area contributed by atoms with Gasteiger partial charge in [0.25, 0.3) is 0 Å². The third-order valence-corrected chi connectivity index (χ3v) is 7.92. The summed E-state index contributed by atoms with van der Waals surface area (Å²) >= 11 is 6.82. The Morgan fingerprint density at radius 2 is 1.83 bits per heavy atom. The number of hydrogen-bond donors (Lipinski definition) is 1. The predicted molar refractivity (Wildman–Crippen MR) is 119 cm³/mol. The van der Waals surface area contributed by atoms with E-state index in [1.807, 2.05) is 4.90 Å². The Bertz CT molecular complexity index is 609. The van der Waals surface area contributed by atoms with Crippen LogP contribution in [0.5, 0.6) is 0 Å². The zero-order valence-corrected chi connectivity index (χ0v) is 19.3. The van der Waals surface area contributed by atoms with Crippen LogP contribution in [0.1, 0.15) is 45.4 Å². The van der Waals surface area contributed by atoms with E-state index in [4.69, 9.17) is 16.3 Å². The number of amides is 2. The van der Waals surface area contributed by atoms with Crippen molar-refractivity contribution < 1.29 is 14.3 Å². The summed E-state index contributed by atoms with van der Waals surface area (Å²) in [7, 11) is 1.74. The highest BCUT2D eigenvalue weighted by atomic mass is 35.5. The molecule has 2 amide bonds. The lowest BCUT2D eigenvalue weighted by Crippen LogP contribution is -2.55. The maximum absolute atomic E-state index is 12.7. The Balaban J connectivity index is 1.51. The number of rotatable bonds is 6. The van der Waals surface area contributed by atoms with Gasteiger partial charge in [-0.15, -0.1) is 11.6 Å². The number of hydrogen-bond acceptors (Lipinski definition) is 4. The second-order valence-electron chi connectivity index (χ2n) is 9.35. The first-order chi connectivity index (χ1) is 14.4. The van der Waals surface area contributed by atoms with Gasteiger partial charge in [0.05, 0.1) is 12.6 Å². The lowest BCUT2D eigenvalue weighted by molar-refractivity contribution is -0.136. The van der Waals surface area contributed by atoms with E-state index >= 15 is 0 Å². The normalized spacial score (nSPS) is 35.2. The molecule has 1 N–H and O–H groups in total. The quantitative estimate of drug-likeness (QED) is 0.510. The fraction of sp³-hybridized carbons (Fsp3) is 0.826. The fourth-order valence-corrected chi connectivity index (χ4v) is 6.11. The van der Waals surface area contributed by atoms with Crippen molar-refractivity contribution in [2.45, 2.75) is 63.0 Å². The summed E-state index contributed by atoms with van der Waals surface area (Å²) in [5.74, 6) is 1.98. The van der Waals surface area contributed by atoms with Crippen LogP contribution in [-0.4, -0.2) is 79.0 Å². The lowest BCUT2D eigenvalue weighted by atomic mass is 9.69. The second-order valence-corrected chi connectivity index (χ2v) is 9.92. The minimum Gasteiger partial charge on any atom is -0.380 e. The molecule has 170 valence electrons. The van der Waals surface area contributed by atoms with Gasteiger partial charge in [-0.25, -0.2) is 0 Å². The predicted octanol–water partition coefficient (Wildman–Crippen LogP) is 2.66. The molecule has 1 aliphatic heterocycles. The van der Waals surface area contributed by atoms with E-state index in [0.717, 1.165) is 18.8 Å². The van der Waals surface area contributed by atoms with Crippen LogP contribution in [-0.2, 0) is 14.3 Å². The van der Waals surface area contributed by atoms with E-state index in [2.05, 4.69) is 18.8 Å². The van der Waals surface area contributed by atoms with Gasteiger partial charge in [-0.3, -0.25) is 9.59 Å². The molecule has 6 atom stereocenters. The molecule has 1 saturated heterocycles. The molecule has 0 radical (unpaired) electrons. The standard InChI is InChI=1S/C23H38ClN3O3/c1-4-22(28)26-8-10-27(11-9-26)23(29)15-25-20-13-18(19(24)14-21(20)30-3)17-7-5-6-16(2)12-17/h4,16-21,25H,1,5-15H2,2-3H3. The highest BCUT2D eigenvalue weighted by molar-refractivity contribution is 6.20. The van der Waals surface area contributed by atoms with Gasteiger partial charge in [0.15, 0.2) is 0 Å². The minimum atomic E-state index is -0.0657. The molecule has 30 heavy (non-hydrogen) atoms. The van der Waals surface area contributed by atoms with Crippen molar-refractivity contribution in [2.24, 2.45) is 17.8 Å². The first-order valence-electron chi connectivity index (χ1n) is 11.5. The van der Waals surface area contributed by atoms with E-state index < -0.39 is 0 Å². The number of ether oxygens (including phenoxy) is 1. The number of nitrogens with zero attached hydrogens (tertiary/aromatic N) is 2. The molecule has 3 rings (SSSR count). The zero-order valence-electron chi connectivity index (χ0n) is 18.5. The molecular formula is C23H38ClN3O3. The van der Waals surface area contributed by atoms with Crippen molar-refractivity contribution in [3.63, 3.8) is 0 Å². The highest BCUT2D eigenvalue weighted by Crippen LogP contribution is 2.42. The largest absolute Gasteiger partial charge is 0.380 e. The molecular weight excluding hydrogens is 402 g/mol. The minimum absolute atomic E-state index is 0.0413. The Morgan fingerprint density at radius 1 is 1.13 bits per heavy atom. The van der Waals surface area contributed by atoms with E-state index in [0.29, 0.717) is 44.6 Å². The summed E-state index contributed by atoms with van der Waals surface area (Å²) in [6, 6.07) is 0.153. The number of alkyl halides is 1. The number of halogens is 1. The number of carbonyl (C=O) groups excluding carboxylic acids is 2. The van der Waals surface area contributed by atoms with Crippen molar-refractivity contribution in [2.75, 3.05) is 39.8 Å². The molecule has 2 saturated carbocycles. The van der Waals surface area contributed by atoms with Gasteiger partial charge in [0.2, 0.25) is 11.8 Å². The van der Waals surface area contributed by atoms with Gasteiger partial charge >= 0.3 is 0 Å². The Hall–Kier alpha value is -1.11. The second kappa shape index (κ2) is 11.0. The van der Waals surface area contributed by atoms with E-state index in [1.165, 1.54) is 31.8 Å². The van der Waals surface area contributed by atoms with Gasteiger partial charge in [0.1, 0.15) is 0 Å². The van der Waals surface area contributed by atoms with E-state index in [1.54, 1.807) is 12.0 Å². The zero-order chi connectivity index (χ0) is 21.7. The molecule has 3 aliphatic rings. The van der Waals surface area contributed by atoms with Crippen LogP contribution < -0.4 is 5.32 Å². The molecule has 0 aromatic heterocycles. The van der Waals surface area contributed by atoms with Crippen molar-refractivity contribution in [3.05, 3.63) is 12.7 Å². The number of nitrogens with one attached hydrogen (secondary N) is 1. The van der Waals surface area contributed by atoms with Crippen molar-refractivity contribution in [3.8, 4) is 0 Å². The lowest BCUT2D eigenvalue weighted by Gasteiger charge is -2.44. The SMILES string of the molecule is C=CC(=O)N1CCN(C(=O)CNC2CC(C3CCCC(C)C3)C(Cl)CC2OC)CC1. The molecule has 0 aromatic rings. The summed E-state index contributed by atoms with van der Waals surface area (Å²) in [4.78, 5) is 28.0. The van der Waals surface area contributed by atoms with Crippen LogP contribution in [0, 0.1) is 17.8 Å². The van der Waals surface area contributed by atoms with E-state index in [9.17, 15) is 9.59 Å². The summed E-state index contributed by atoms with van der Waals surface area (Å²) in [6.45, 7) is 8.47. The van der Waals surface area contributed by atoms with E-state index in [-0.39, 0.29) is 29.3 Å². The average Bonchev–Trinajstić information content (AvgIpc) is 2.77. The van der Waals surface area contributed by atoms with Crippen LogP contribution in [0.3, 0.4) is 0 Å². The van der Waals surface area contributed by atoms with Crippen LogP contribution in [0.2, 0.25) is 0 Å². The highest BCUT2D eigenvalue weighted by Gasteiger charge is 2.41. The molecule has 0 spiro atoms. The average molecular weight is 440 g/mol. The summed E-state index contributed by atoms with van der Waals surface area (Å²) in [6.07, 6.45) is 8.36. The molecule has 2 aliphatic carbocycles. The van der Waals surface area contributed by atoms with Crippen molar-refractivity contribution in [1.29, 1.82) is 0 Å². The van der Waals surface area contributed by atoms with Gasteiger partial charge in [-0.1, -0.05) is 32.8 Å². The van der Waals surface area contributed by atoms with Crippen LogP contribution in [0.25, 0.3) is 0 Å². The molecule has 6 unspecified atom stereocenters. The van der Waals surface area contributed by atoms with Gasteiger partial charge in [-0.2, -0.15) is 0 Å². The summed E-state index contributed by atoms with van der Waals surface area (Å²) in [5, 5.41) is 3.64. The third kappa shape index (κ3) is 5.77. The Morgan fingerprint density at radius 3 is 2.47 bits per heavy atom. The van der Waals surface area contributed by atoms with Gasteiger partial charge < -0.3 is 19.9 Å². The summed E-state index contributed by atoms with van der Waals surface area (Å²) in [5.41, 5.74) is 0. The van der Waals surface area contributed by atoms with Gasteiger partial charge in [-0.05, 0) is 43.1 Å². The number of piperazine rings is 1. The molecule has 6 nitrogen and oxygen atoms in total. The van der Waals surface area contributed by atoms with Crippen molar-refractivity contribution in [1.82, 2.24) is 15.1 Å². The monoisotopic (exact) mass is 439 g/mol. The first kappa shape index (κ1) is 23.6. The Labute approximate surface area is 186 Å². The molecule has 0 aromatic carbocycles. The maximum Gasteiger partial charge on any atom is 0.246 e. The number of carbonyl (C=O) groups is 2. The Kier molecular flexibility index (Phi) is 8.61. The molecule has 3 fully saturated rings. The maximum atomic E-state index is 12.7. The smallest absolute Gasteiger partial charge is 0.246 e. The molecule has 0 bridgehead atoms. The van der Waals surface area contributed by atoms with Gasteiger partial charge in [0, 0.05) is 44.7 Å². The fourth-order valence-electron chi connectivity index (χ4n) is 5.62. The summed E-state index contributed by atoms with van der Waals surface area (Å²) < 4.78 is 5.74. The van der Waals surface area contributed by atoms with Crippen LogP contribution >= 0.6 is 11.6 Å². The molecule has 7 heteroatoms. The number of methoxy groups -OCH3 is 1. The van der Waals surface area contributed by atoms with Crippen LogP contribution in [0.4, 0.5) is 0 Å². The first-order valence-corrected chi connectivity index (χ1v) is 12.0. The molecule has 1 heterocycles. The van der Waals surface area contributed by atoms with Crippen molar-refractivity contribution >= 4 is 23.4 Å².